The molecule has 94 valence electrons. The molecule has 0 bridgehead atoms. The first-order valence-electron chi connectivity index (χ1n) is 6.14. The molecule has 1 aromatic carbocycles. The number of nitrogens with zero attached hydrogens (tertiary/aromatic N) is 1. The maximum absolute atomic E-state index is 11.0. The van der Waals surface area contributed by atoms with Gasteiger partial charge in [-0.1, -0.05) is 24.3 Å². The third kappa shape index (κ3) is 3.47. The van der Waals surface area contributed by atoms with Crippen LogP contribution in [0.5, 0.6) is 0 Å². The minimum absolute atomic E-state index is 0.733. The lowest BCUT2D eigenvalue weighted by molar-refractivity contribution is -0.605. The van der Waals surface area contributed by atoms with Gasteiger partial charge in [0.25, 0.3) is 0 Å². The molecule has 2 aromatic rings. The van der Waals surface area contributed by atoms with Crippen molar-refractivity contribution in [1.29, 1.82) is 0 Å². The van der Waals surface area contributed by atoms with E-state index in [-0.39, 0.29) is 0 Å². The van der Waals surface area contributed by atoms with E-state index in [9.17, 15) is 5.21 Å². The Labute approximate surface area is 112 Å². The van der Waals surface area contributed by atoms with Crippen molar-refractivity contribution in [1.82, 2.24) is 0 Å². The Bertz CT molecular complexity index is 479. The molecule has 0 N–H and O–H groups in total. The standard InChI is InChI=1S/C15H16ClNO/c16-10-2-1-3-13-4-6-14(7-5-13)15-8-11-17(18)12-9-15/h4-9,11-12H,1-3,10H2. The summed E-state index contributed by atoms with van der Waals surface area (Å²) < 4.78 is 0.796. The van der Waals surface area contributed by atoms with Gasteiger partial charge in [0.2, 0.25) is 0 Å². The highest BCUT2D eigenvalue weighted by molar-refractivity contribution is 6.17. The highest BCUT2D eigenvalue weighted by Crippen LogP contribution is 2.19. The summed E-state index contributed by atoms with van der Waals surface area (Å²) in [5.74, 6) is 0.733. The molecule has 0 saturated heterocycles. The van der Waals surface area contributed by atoms with E-state index in [4.69, 9.17) is 11.6 Å². The zero-order chi connectivity index (χ0) is 12.8. The second-order valence-electron chi connectivity index (χ2n) is 4.29. The van der Waals surface area contributed by atoms with Gasteiger partial charge in [0.1, 0.15) is 0 Å². The van der Waals surface area contributed by atoms with Crippen LogP contribution in [0.3, 0.4) is 0 Å². The van der Waals surface area contributed by atoms with Crippen LogP contribution < -0.4 is 4.73 Å². The Morgan fingerprint density at radius 2 is 1.50 bits per heavy atom. The fraction of sp³-hybridized carbons (Fsp3) is 0.267. The molecule has 1 heterocycles. The highest BCUT2D eigenvalue weighted by atomic mass is 35.5. The van der Waals surface area contributed by atoms with Crippen LogP contribution in [-0.2, 0) is 6.42 Å². The van der Waals surface area contributed by atoms with Crippen LogP contribution in [0.4, 0.5) is 0 Å². The van der Waals surface area contributed by atoms with Crippen LogP contribution in [0.1, 0.15) is 18.4 Å². The van der Waals surface area contributed by atoms with E-state index in [2.05, 4.69) is 24.3 Å². The number of alkyl halides is 1. The van der Waals surface area contributed by atoms with Crippen molar-refractivity contribution in [3.05, 3.63) is 59.6 Å². The van der Waals surface area contributed by atoms with Gasteiger partial charge in [-0.25, -0.2) is 0 Å². The summed E-state index contributed by atoms with van der Waals surface area (Å²) in [5.41, 5.74) is 3.53. The largest absolute Gasteiger partial charge is 0.619 e. The summed E-state index contributed by atoms with van der Waals surface area (Å²) in [6.07, 6.45) is 6.30. The van der Waals surface area contributed by atoms with Gasteiger partial charge in [-0.15, -0.1) is 11.6 Å². The van der Waals surface area contributed by atoms with Crippen LogP contribution in [0.25, 0.3) is 11.1 Å². The lowest BCUT2D eigenvalue weighted by Gasteiger charge is -2.04. The smallest absolute Gasteiger partial charge is 0.180 e. The Morgan fingerprint density at radius 1 is 0.889 bits per heavy atom. The molecule has 3 heteroatoms. The van der Waals surface area contributed by atoms with Gasteiger partial charge < -0.3 is 5.21 Å². The summed E-state index contributed by atoms with van der Waals surface area (Å²) in [7, 11) is 0. The number of unbranched alkanes of at least 4 members (excludes halogenated alkanes) is 1. The number of hydrogen-bond acceptors (Lipinski definition) is 1. The highest BCUT2D eigenvalue weighted by Gasteiger charge is 2.00. The Morgan fingerprint density at radius 3 is 2.11 bits per heavy atom. The van der Waals surface area contributed by atoms with Crippen molar-refractivity contribution in [2.75, 3.05) is 5.88 Å². The van der Waals surface area contributed by atoms with Crippen molar-refractivity contribution in [3.63, 3.8) is 0 Å². The monoisotopic (exact) mass is 261 g/mol. The van der Waals surface area contributed by atoms with Crippen LogP contribution in [0.15, 0.2) is 48.8 Å². The van der Waals surface area contributed by atoms with E-state index in [0.29, 0.717) is 0 Å². The molecule has 0 fully saturated rings. The zero-order valence-electron chi connectivity index (χ0n) is 10.2. The fourth-order valence-electron chi connectivity index (χ4n) is 1.89. The molecule has 18 heavy (non-hydrogen) atoms. The summed E-state index contributed by atoms with van der Waals surface area (Å²) >= 11 is 5.66. The van der Waals surface area contributed by atoms with Crippen molar-refractivity contribution < 1.29 is 4.73 Å². The molecule has 2 rings (SSSR count). The number of rotatable bonds is 5. The first kappa shape index (κ1) is 12.9. The van der Waals surface area contributed by atoms with Gasteiger partial charge in [-0.2, -0.15) is 4.73 Å². The van der Waals surface area contributed by atoms with E-state index in [0.717, 1.165) is 41.0 Å². The van der Waals surface area contributed by atoms with Gasteiger partial charge in [0.05, 0.1) is 0 Å². The lowest BCUT2D eigenvalue weighted by Crippen LogP contribution is -2.23. The quantitative estimate of drug-likeness (QED) is 0.350. The first-order chi connectivity index (χ1) is 8.79. The third-order valence-corrected chi connectivity index (χ3v) is 3.21. The Kier molecular flexibility index (Phi) is 4.59. The molecule has 0 amide bonds. The van der Waals surface area contributed by atoms with Gasteiger partial charge in [-0.05, 0) is 36.0 Å². The SMILES string of the molecule is [O-][n+]1ccc(-c2ccc(CCCCCl)cc2)cc1. The maximum Gasteiger partial charge on any atom is 0.180 e. The molecule has 0 spiro atoms. The van der Waals surface area contributed by atoms with Crippen LogP contribution in [0.2, 0.25) is 0 Å². The summed E-state index contributed by atoms with van der Waals surface area (Å²) in [5, 5.41) is 11.0. The van der Waals surface area contributed by atoms with Gasteiger partial charge in [0.15, 0.2) is 12.4 Å². The summed E-state index contributed by atoms with van der Waals surface area (Å²) in [6, 6.07) is 12.1. The molecule has 0 aliphatic carbocycles. The number of pyridine rings is 1. The molecule has 2 nitrogen and oxygen atoms in total. The lowest BCUT2D eigenvalue weighted by atomic mass is 10.0. The number of aryl methyl sites for hydroxylation is 1. The van der Waals surface area contributed by atoms with E-state index < -0.39 is 0 Å². The molecule has 0 saturated carbocycles. The summed E-state index contributed by atoms with van der Waals surface area (Å²) in [6.45, 7) is 0. The predicted octanol–water partition coefficient (Wildman–Crippen LogP) is 3.55. The maximum atomic E-state index is 11.0. The number of hydrogen-bond donors (Lipinski definition) is 0. The average Bonchev–Trinajstić information content (AvgIpc) is 2.41. The molecular formula is C15H16ClNO. The van der Waals surface area contributed by atoms with Gasteiger partial charge >= 0.3 is 0 Å². The number of halogens is 1. The van der Waals surface area contributed by atoms with E-state index in [1.165, 1.54) is 18.0 Å². The molecule has 0 aliphatic heterocycles. The third-order valence-electron chi connectivity index (χ3n) is 2.94. The number of aromatic nitrogens is 1. The topological polar surface area (TPSA) is 26.9 Å². The zero-order valence-corrected chi connectivity index (χ0v) is 10.9. The molecule has 0 unspecified atom stereocenters. The van der Waals surface area contributed by atoms with Crippen LogP contribution in [0, 0.1) is 5.21 Å². The molecule has 0 atom stereocenters. The van der Waals surface area contributed by atoms with Crippen molar-refractivity contribution in [2.24, 2.45) is 0 Å². The van der Waals surface area contributed by atoms with E-state index >= 15 is 0 Å². The van der Waals surface area contributed by atoms with Gasteiger partial charge in [-0.3, -0.25) is 0 Å². The normalized spacial score (nSPS) is 10.5. The Balaban J connectivity index is 2.05. The Hall–Kier alpha value is -1.54. The van der Waals surface area contributed by atoms with E-state index in [1.807, 2.05) is 12.1 Å². The van der Waals surface area contributed by atoms with Crippen molar-refractivity contribution in [3.8, 4) is 11.1 Å². The molecule has 0 aliphatic rings. The van der Waals surface area contributed by atoms with E-state index in [1.54, 1.807) is 0 Å². The minimum Gasteiger partial charge on any atom is -0.619 e. The fourth-order valence-corrected chi connectivity index (χ4v) is 2.08. The second kappa shape index (κ2) is 6.41. The molecule has 0 radical (unpaired) electrons. The second-order valence-corrected chi connectivity index (χ2v) is 4.67. The summed E-state index contributed by atoms with van der Waals surface area (Å²) in [4.78, 5) is 0. The van der Waals surface area contributed by atoms with Crippen molar-refractivity contribution >= 4 is 11.6 Å². The average molecular weight is 262 g/mol. The molecule has 1 aromatic heterocycles. The first-order valence-corrected chi connectivity index (χ1v) is 6.67. The van der Waals surface area contributed by atoms with Crippen LogP contribution >= 0.6 is 11.6 Å². The molecular weight excluding hydrogens is 246 g/mol. The predicted molar refractivity (Wildman–Crippen MR) is 74.5 cm³/mol. The van der Waals surface area contributed by atoms with Gasteiger partial charge in [0, 0.05) is 18.0 Å². The number of benzene rings is 1. The van der Waals surface area contributed by atoms with Crippen LogP contribution in [-0.4, -0.2) is 5.88 Å². The minimum atomic E-state index is 0.733. The van der Waals surface area contributed by atoms with Crippen molar-refractivity contribution in [2.45, 2.75) is 19.3 Å².